The van der Waals surface area contributed by atoms with E-state index >= 15 is 0 Å². The van der Waals surface area contributed by atoms with Crippen LogP contribution in [0.3, 0.4) is 0 Å². The molecule has 0 aliphatic carbocycles. The molecule has 3 rings (SSSR count). The number of nitrogens with zero attached hydrogens (tertiary/aromatic N) is 1. The second kappa shape index (κ2) is 3.48. The fourth-order valence-corrected chi connectivity index (χ4v) is 2.46. The number of fused-ring (bicyclic) bond motifs is 1. The molecule has 0 radical (unpaired) electrons. The highest BCUT2D eigenvalue weighted by Crippen LogP contribution is 2.30. The van der Waals surface area contributed by atoms with Crippen molar-refractivity contribution in [1.82, 2.24) is 5.32 Å². The lowest BCUT2D eigenvalue weighted by Gasteiger charge is -2.26. The van der Waals surface area contributed by atoms with Crippen molar-refractivity contribution < 1.29 is 0 Å². The van der Waals surface area contributed by atoms with E-state index in [9.17, 15) is 0 Å². The molecular formula is C14H15N3. The quantitative estimate of drug-likeness (QED) is 0.779. The highest BCUT2D eigenvalue weighted by atomic mass is 15.2. The summed E-state index contributed by atoms with van der Waals surface area (Å²) < 4.78 is 0. The molecule has 0 fully saturated rings. The van der Waals surface area contributed by atoms with Crippen LogP contribution in [0.2, 0.25) is 0 Å². The van der Waals surface area contributed by atoms with Gasteiger partial charge in [0.1, 0.15) is 0 Å². The van der Waals surface area contributed by atoms with Crippen molar-refractivity contribution in [2.24, 2.45) is 10.7 Å². The van der Waals surface area contributed by atoms with Gasteiger partial charge in [-0.1, -0.05) is 42.5 Å². The molecule has 0 aromatic heterocycles. The van der Waals surface area contributed by atoms with E-state index in [0.717, 1.165) is 0 Å². The number of nitrogens with two attached hydrogens (primary N) is 1. The van der Waals surface area contributed by atoms with Crippen molar-refractivity contribution in [3.05, 3.63) is 48.0 Å². The number of hydrogen-bond acceptors (Lipinski definition) is 3. The molecule has 0 saturated carbocycles. The fourth-order valence-electron chi connectivity index (χ4n) is 2.46. The third-order valence-electron chi connectivity index (χ3n) is 3.35. The van der Waals surface area contributed by atoms with Crippen LogP contribution in [-0.2, 0) is 5.54 Å². The molecule has 1 heterocycles. The number of aliphatic imine (C=N–C) groups is 1. The fraction of sp³-hybridized carbons (Fsp3) is 0.214. The van der Waals surface area contributed by atoms with Crippen LogP contribution in [0.1, 0.15) is 12.5 Å². The summed E-state index contributed by atoms with van der Waals surface area (Å²) in [6.07, 6.45) is 0. The first kappa shape index (κ1) is 10.1. The summed E-state index contributed by atoms with van der Waals surface area (Å²) in [6.45, 7) is 2.82. The van der Waals surface area contributed by atoms with Crippen molar-refractivity contribution in [3.63, 3.8) is 0 Å². The summed E-state index contributed by atoms with van der Waals surface area (Å²) >= 11 is 0. The van der Waals surface area contributed by atoms with Crippen molar-refractivity contribution in [2.45, 2.75) is 12.5 Å². The number of nitrogens with one attached hydrogen (secondary N) is 1. The molecule has 86 valence electrons. The maximum atomic E-state index is 5.73. The van der Waals surface area contributed by atoms with Gasteiger partial charge >= 0.3 is 0 Å². The predicted molar refractivity (Wildman–Crippen MR) is 70.9 cm³/mol. The van der Waals surface area contributed by atoms with Gasteiger partial charge in [0.25, 0.3) is 0 Å². The van der Waals surface area contributed by atoms with Crippen LogP contribution in [0.15, 0.2) is 47.5 Å². The normalized spacial score (nSPS) is 23.5. The van der Waals surface area contributed by atoms with Crippen LogP contribution in [0.5, 0.6) is 0 Å². The first-order valence-electron chi connectivity index (χ1n) is 5.75. The Balaban J connectivity index is 2.18. The minimum absolute atomic E-state index is 0.190. The van der Waals surface area contributed by atoms with Crippen molar-refractivity contribution in [2.75, 3.05) is 6.54 Å². The molecule has 1 aliphatic rings. The van der Waals surface area contributed by atoms with E-state index < -0.39 is 0 Å². The van der Waals surface area contributed by atoms with Gasteiger partial charge in [0, 0.05) is 0 Å². The standard InChI is InChI=1S/C14H15N3/c1-14(9-16-13(15)17-14)12-8-4-6-10-5-2-3-7-11(10)12/h2-8H,9H2,1H3,(H3,15,16,17). The van der Waals surface area contributed by atoms with E-state index in [-0.39, 0.29) is 5.54 Å². The Bertz CT molecular complexity index is 598. The van der Waals surface area contributed by atoms with Gasteiger partial charge in [0.15, 0.2) is 5.96 Å². The Hall–Kier alpha value is -2.03. The van der Waals surface area contributed by atoms with Gasteiger partial charge in [-0.05, 0) is 23.3 Å². The second-order valence-electron chi connectivity index (χ2n) is 4.69. The first-order valence-corrected chi connectivity index (χ1v) is 5.75. The van der Waals surface area contributed by atoms with Crippen LogP contribution in [0.4, 0.5) is 0 Å². The zero-order valence-corrected chi connectivity index (χ0v) is 9.77. The van der Waals surface area contributed by atoms with E-state index in [2.05, 4.69) is 59.7 Å². The third kappa shape index (κ3) is 1.55. The molecule has 3 heteroatoms. The zero-order valence-electron chi connectivity index (χ0n) is 9.77. The van der Waals surface area contributed by atoms with Gasteiger partial charge in [-0.3, -0.25) is 4.99 Å². The minimum atomic E-state index is -0.190. The molecule has 17 heavy (non-hydrogen) atoms. The maximum absolute atomic E-state index is 5.73. The highest BCUT2D eigenvalue weighted by molar-refractivity contribution is 5.88. The molecule has 1 unspecified atom stereocenters. The monoisotopic (exact) mass is 225 g/mol. The Morgan fingerprint density at radius 1 is 1.18 bits per heavy atom. The molecule has 3 nitrogen and oxygen atoms in total. The minimum Gasteiger partial charge on any atom is -0.370 e. The van der Waals surface area contributed by atoms with Crippen LogP contribution < -0.4 is 11.1 Å². The maximum Gasteiger partial charge on any atom is 0.189 e. The summed E-state index contributed by atoms with van der Waals surface area (Å²) in [6, 6.07) is 14.7. The predicted octanol–water partition coefficient (Wildman–Crippen LogP) is 1.97. The summed E-state index contributed by atoms with van der Waals surface area (Å²) in [5.41, 5.74) is 6.79. The van der Waals surface area contributed by atoms with Gasteiger partial charge in [0.2, 0.25) is 0 Å². The average Bonchev–Trinajstić information content (AvgIpc) is 2.70. The highest BCUT2D eigenvalue weighted by Gasteiger charge is 2.32. The van der Waals surface area contributed by atoms with E-state index in [0.29, 0.717) is 12.5 Å². The van der Waals surface area contributed by atoms with Gasteiger partial charge in [0.05, 0.1) is 12.1 Å². The lowest BCUT2D eigenvalue weighted by atomic mass is 9.88. The van der Waals surface area contributed by atoms with E-state index in [1.807, 2.05) is 0 Å². The van der Waals surface area contributed by atoms with Crippen LogP contribution >= 0.6 is 0 Å². The molecule has 0 spiro atoms. The Morgan fingerprint density at radius 3 is 2.71 bits per heavy atom. The molecule has 0 bridgehead atoms. The van der Waals surface area contributed by atoms with E-state index in [1.54, 1.807) is 0 Å². The number of hydrogen-bond donors (Lipinski definition) is 2. The Labute approximate surface area is 100 Å². The van der Waals surface area contributed by atoms with Gasteiger partial charge < -0.3 is 11.1 Å². The second-order valence-corrected chi connectivity index (χ2v) is 4.69. The number of guanidine groups is 1. The van der Waals surface area contributed by atoms with Crippen molar-refractivity contribution in [3.8, 4) is 0 Å². The first-order chi connectivity index (χ1) is 8.19. The largest absolute Gasteiger partial charge is 0.370 e. The Kier molecular flexibility index (Phi) is 2.08. The summed E-state index contributed by atoms with van der Waals surface area (Å²) in [5.74, 6) is 0.528. The van der Waals surface area contributed by atoms with Crippen LogP contribution in [-0.4, -0.2) is 12.5 Å². The van der Waals surface area contributed by atoms with E-state index in [1.165, 1.54) is 16.3 Å². The zero-order chi connectivity index (χ0) is 11.9. The topological polar surface area (TPSA) is 50.4 Å². The van der Waals surface area contributed by atoms with Gasteiger partial charge in [-0.2, -0.15) is 0 Å². The molecule has 2 aromatic rings. The summed E-state index contributed by atoms with van der Waals surface area (Å²) in [5, 5.41) is 5.77. The molecule has 0 amide bonds. The van der Waals surface area contributed by atoms with E-state index in [4.69, 9.17) is 5.73 Å². The summed E-state index contributed by atoms with van der Waals surface area (Å²) in [4.78, 5) is 4.26. The SMILES string of the molecule is CC1(c2cccc3ccccc23)CN=C(N)N1. The molecule has 3 N–H and O–H groups in total. The molecular weight excluding hydrogens is 210 g/mol. The van der Waals surface area contributed by atoms with Crippen LogP contribution in [0, 0.1) is 0 Å². The van der Waals surface area contributed by atoms with Crippen LogP contribution in [0.25, 0.3) is 10.8 Å². The lowest BCUT2D eigenvalue weighted by molar-refractivity contribution is 0.484. The van der Waals surface area contributed by atoms with Crippen molar-refractivity contribution in [1.29, 1.82) is 0 Å². The Morgan fingerprint density at radius 2 is 1.94 bits per heavy atom. The molecule has 2 aromatic carbocycles. The van der Waals surface area contributed by atoms with Crippen molar-refractivity contribution >= 4 is 16.7 Å². The molecule has 1 atom stereocenters. The molecule has 1 aliphatic heterocycles. The number of benzene rings is 2. The smallest absolute Gasteiger partial charge is 0.189 e. The lowest BCUT2D eigenvalue weighted by Crippen LogP contribution is -2.43. The van der Waals surface area contributed by atoms with Gasteiger partial charge in [-0.15, -0.1) is 0 Å². The average molecular weight is 225 g/mol. The number of rotatable bonds is 1. The summed E-state index contributed by atoms with van der Waals surface area (Å²) in [7, 11) is 0. The van der Waals surface area contributed by atoms with Gasteiger partial charge in [-0.25, -0.2) is 0 Å². The molecule has 0 saturated heterocycles. The third-order valence-corrected chi connectivity index (χ3v) is 3.35.